The summed E-state index contributed by atoms with van der Waals surface area (Å²) in [7, 11) is -4.05. The molecule has 4 aromatic rings. The lowest BCUT2D eigenvalue weighted by atomic mass is 10.2. The number of amides is 1. The monoisotopic (exact) mass is 626 g/mol. The number of hydrazone groups is 1. The summed E-state index contributed by atoms with van der Waals surface area (Å²) >= 11 is 9.56. The van der Waals surface area contributed by atoms with Crippen LogP contribution in [0.3, 0.4) is 0 Å². The van der Waals surface area contributed by atoms with Gasteiger partial charge in [0.1, 0.15) is 6.54 Å². The van der Waals surface area contributed by atoms with Crippen LogP contribution < -0.4 is 9.73 Å². The zero-order valence-corrected chi connectivity index (χ0v) is 25.1. The highest BCUT2D eigenvalue weighted by molar-refractivity contribution is 9.10. The molecule has 1 aromatic heterocycles. The van der Waals surface area contributed by atoms with E-state index >= 15 is 0 Å². The molecule has 0 saturated carbocycles. The Balaban J connectivity index is 1.57. The van der Waals surface area contributed by atoms with Gasteiger partial charge in [-0.15, -0.1) is 0 Å². The molecule has 1 N–H and O–H groups in total. The first-order chi connectivity index (χ1) is 18.5. The third-order valence-corrected chi connectivity index (χ3v) is 8.81. The Hall–Kier alpha value is -3.40. The summed E-state index contributed by atoms with van der Waals surface area (Å²) in [6.07, 6.45) is 1.56. The summed E-state index contributed by atoms with van der Waals surface area (Å²) in [5, 5.41) is 4.60. The Kier molecular flexibility index (Phi) is 8.64. The minimum Gasteiger partial charge on any atom is -0.318 e. The third kappa shape index (κ3) is 6.43. The normalized spacial score (nSPS) is 11.6. The first-order valence-corrected chi connectivity index (χ1v) is 14.7. The quantitative estimate of drug-likeness (QED) is 0.180. The van der Waals surface area contributed by atoms with Gasteiger partial charge in [-0.05, 0) is 93.9 Å². The van der Waals surface area contributed by atoms with Crippen LogP contribution in [-0.2, 0) is 14.8 Å². The van der Waals surface area contributed by atoms with E-state index in [4.69, 9.17) is 11.6 Å². The predicted molar refractivity (Wildman–Crippen MR) is 161 cm³/mol. The maximum atomic E-state index is 13.6. The molecule has 0 unspecified atom stereocenters. The zero-order valence-electron chi connectivity index (χ0n) is 21.9. The number of anilines is 1. The van der Waals surface area contributed by atoms with E-state index in [2.05, 4.69) is 31.0 Å². The first kappa shape index (κ1) is 28.6. The molecule has 0 spiro atoms. The summed E-state index contributed by atoms with van der Waals surface area (Å²) in [5.41, 5.74) is 8.18. The fourth-order valence-electron chi connectivity index (χ4n) is 4.28. The van der Waals surface area contributed by atoms with Crippen LogP contribution in [0.1, 0.15) is 28.1 Å². The van der Waals surface area contributed by atoms with Crippen molar-refractivity contribution in [2.24, 2.45) is 5.10 Å². The van der Waals surface area contributed by atoms with Gasteiger partial charge in [0.2, 0.25) is 0 Å². The molecule has 4 rings (SSSR count). The van der Waals surface area contributed by atoms with Crippen molar-refractivity contribution in [2.45, 2.75) is 32.6 Å². The van der Waals surface area contributed by atoms with E-state index in [1.807, 2.05) is 51.1 Å². The lowest BCUT2D eigenvalue weighted by Crippen LogP contribution is -2.40. The number of carbonyl (C=O) groups excluding carboxylic acids is 1. The molecule has 1 amide bonds. The van der Waals surface area contributed by atoms with Gasteiger partial charge in [0.05, 0.1) is 16.8 Å². The van der Waals surface area contributed by atoms with Crippen LogP contribution in [0.5, 0.6) is 0 Å². The summed E-state index contributed by atoms with van der Waals surface area (Å²) in [6.45, 7) is 7.12. The van der Waals surface area contributed by atoms with Gasteiger partial charge in [-0.3, -0.25) is 9.10 Å². The molecule has 0 aliphatic heterocycles. The van der Waals surface area contributed by atoms with E-state index in [-0.39, 0.29) is 4.90 Å². The number of hydrogen-bond donors (Lipinski definition) is 1. The standard InChI is InChI=1S/C29H28BrClN4O3S/c1-19-5-12-27(13-6-19)39(37,38)34(28-14-9-25(31)15-20(28)2)18-29(36)33-32-17-23-16-21(3)35(22(23)4)26-10-7-24(30)8-11-26/h5-17H,18H2,1-4H3,(H,33,36)/b32-17+. The van der Waals surface area contributed by atoms with E-state index in [0.717, 1.165) is 37.0 Å². The molecule has 0 bridgehead atoms. The second-order valence-corrected chi connectivity index (χ2v) is 12.4. The predicted octanol–water partition coefficient (Wildman–Crippen LogP) is 6.47. The Morgan fingerprint density at radius 2 is 1.67 bits per heavy atom. The molecule has 39 heavy (non-hydrogen) atoms. The zero-order chi connectivity index (χ0) is 28.3. The van der Waals surface area contributed by atoms with Gasteiger partial charge in [-0.1, -0.05) is 45.2 Å². The molecular formula is C29H28BrClN4O3S. The number of nitrogens with zero attached hydrogens (tertiary/aromatic N) is 3. The molecule has 7 nitrogen and oxygen atoms in total. The second-order valence-electron chi connectivity index (χ2n) is 9.19. The van der Waals surface area contributed by atoms with E-state index < -0.39 is 22.5 Å². The number of carbonyl (C=O) groups is 1. The van der Waals surface area contributed by atoms with Gasteiger partial charge >= 0.3 is 0 Å². The van der Waals surface area contributed by atoms with Crippen LogP contribution in [0.15, 0.2) is 87.3 Å². The average Bonchev–Trinajstić information content (AvgIpc) is 3.16. The van der Waals surface area contributed by atoms with Crippen LogP contribution in [0.2, 0.25) is 5.02 Å². The number of benzene rings is 3. The number of nitrogens with one attached hydrogen (secondary N) is 1. The number of aromatic nitrogens is 1. The van der Waals surface area contributed by atoms with Crippen LogP contribution >= 0.6 is 27.5 Å². The van der Waals surface area contributed by atoms with Gasteiger partial charge in [-0.2, -0.15) is 5.10 Å². The van der Waals surface area contributed by atoms with Crippen molar-refractivity contribution >= 4 is 55.4 Å². The van der Waals surface area contributed by atoms with Crippen LogP contribution in [0.4, 0.5) is 5.69 Å². The van der Waals surface area contributed by atoms with Crippen molar-refractivity contribution in [2.75, 3.05) is 10.8 Å². The second kappa shape index (κ2) is 11.8. The Morgan fingerprint density at radius 3 is 2.31 bits per heavy atom. The Labute approximate surface area is 242 Å². The maximum absolute atomic E-state index is 13.6. The van der Waals surface area contributed by atoms with Crippen LogP contribution in [0.25, 0.3) is 5.69 Å². The highest BCUT2D eigenvalue weighted by Gasteiger charge is 2.28. The first-order valence-electron chi connectivity index (χ1n) is 12.1. The van der Waals surface area contributed by atoms with Crippen LogP contribution in [0, 0.1) is 27.7 Å². The average molecular weight is 628 g/mol. The molecule has 202 valence electrons. The fraction of sp³-hybridized carbons (Fsp3) is 0.172. The highest BCUT2D eigenvalue weighted by Crippen LogP contribution is 2.29. The maximum Gasteiger partial charge on any atom is 0.264 e. The highest BCUT2D eigenvalue weighted by atomic mass is 79.9. The number of hydrogen-bond acceptors (Lipinski definition) is 4. The van der Waals surface area contributed by atoms with Crippen LogP contribution in [-0.4, -0.2) is 31.7 Å². The van der Waals surface area contributed by atoms with E-state index in [1.165, 1.54) is 12.1 Å². The summed E-state index contributed by atoms with van der Waals surface area (Å²) in [4.78, 5) is 13.1. The number of aryl methyl sites for hydroxylation is 3. The van der Waals surface area contributed by atoms with Gasteiger partial charge in [0.25, 0.3) is 15.9 Å². The van der Waals surface area contributed by atoms with Crippen molar-refractivity contribution in [1.29, 1.82) is 0 Å². The third-order valence-electron chi connectivity index (χ3n) is 6.27. The van der Waals surface area contributed by atoms with E-state index in [9.17, 15) is 13.2 Å². The lowest BCUT2D eigenvalue weighted by molar-refractivity contribution is -0.119. The van der Waals surface area contributed by atoms with E-state index in [1.54, 1.807) is 43.5 Å². The lowest BCUT2D eigenvalue weighted by Gasteiger charge is -2.25. The molecule has 10 heteroatoms. The molecule has 0 radical (unpaired) electrons. The molecule has 0 fully saturated rings. The fourth-order valence-corrected chi connectivity index (χ4v) is 6.26. The summed E-state index contributed by atoms with van der Waals surface area (Å²) in [6, 6.07) is 21.3. The summed E-state index contributed by atoms with van der Waals surface area (Å²) < 4.78 is 31.4. The number of sulfonamides is 1. The molecule has 1 heterocycles. The Bertz CT molecular complexity index is 1650. The molecule has 0 atom stereocenters. The summed E-state index contributed by atoms with van der Waals surface area (Å²) in [5.74, 6) is -0.585. The van der Waals surface area contributed by atoms with Crippen molar-refractivity contribution < 1.29 is 13.2 Å². The van der Waals surface area contributed by atoms with Crippen molar-refractivity contribution in [3.63, 3.8) is 0 Å². The van der Waals surface area contributed by atoms with Crippen molar-refractivity contribution in [3.05, 3.63) is 110 Å². The molecular weight excluding hydrogens is 600 g/mol. The van der Waals surface area contributed by atoms with Crippen molar-refractivity contribution in [3.8, 4) is 5.69 Å². The minimum atomic E-state index is -4.05. The topological polar surface area (TPSA) is 83.8 Å². The smallest absolute Gasteiger partial charge is 0.264 e. The molecule has 0 aliphatic carbocycles. The van der Waals surface area contributed by atoms with E-state index in [0.29, 0.717) is 16.3 Å². The molecule has 0 aliphatic rings. The SMILES string of the molecule is Cc1ccc(S(=O)(=O)N(CC(=O)N/N=C/c2cc(C)n(-c3ccc(Br)cc3)c2C)c2ccc(Cl)cc2C)cc1. The largest absolute Gasteiger partial charge is 0.318 e. The molecule has 3 aromatic carbocycles. The minimum absolute atomic E-state index is 0.0825. The number of halogens is 2. The van der Waals surface area contributed by atoms with Gasteiger partial charge in [0.15, 0.2) is 0 Å². The molecule has 0 saturated heterocycles. The Morgan fingerprint density at radius 1 is 1.00 bits per heavy atom. The van der Waals surface area contributed by atoms with Gasteiger partial charge < -0.3 is 4.57 Å². The van der Waals surface area contributed by atoms with Crippen molar-refractivity contribution in [1.82, 2.24) is 9.99 Å². The van der Waals surface area contributed by atoms with Gasteiger partial charge in [-0.25, -0.2) is 13.8 Å². The number of rotatable bonds is 8. The van der Waals surface area contributed by atoms with Gasteiger partial charge in [0, 0.05) is 32.1 Å².